The van der Waals surface area contributed by atoms with Gasteiger partial charge in [-0.1, -0.05) is 23.8 Å². The first-order valence-corrected chi connectivity index (χ1v) is 10.9. The van der Waals surface area contributed by atoms with E-state index < -0.39 is 15.9 Å². The molecule has 2 amide bonds. The molecule has 0 saturated carbocycles. The monoisotopic (exact) mass is 415 g/mol. The van der Waals surface area contributed by atoms with E-state index in [9.17, 15) is 18.0 Å². The number of nitrogens with zero attached hydrogens (tertiary/aromatic N) is 1. The van der Waals surface area contributed by atoms with Gasteiger partial charge in [-0.3, -0.25) is 9.59 Å². The molecule has 0 aliphatic carbocycles. The Bertz CT molecular complexity index is 1000. The molecule has 0 spiro atoms. The van der Waals surface area contributed by atoms with Crippen LogP contribution >= 0.6 is 0 Å². The van der Waals surface area contributed by atoms with E-state index in [0.717, 1.165) is 5.56 Å². The zero-order valence-electron chi connectivity index (χ0n) is 16.5. The Morgan fingerprint density at radius 2 is 1.69 bits per heavy atom. The molecule has 0 unspecified atom stereocenters. The van der Waals surface area contributed by atoms with Crippen LogP contribution in [0, 0.1) is 12.8 Å². The van der Waals surface area contributed by atoms with Crippen molar-refractivity contribution in [2.24, 2.45) is 5.92 Å². The second-order valence-corrected chi connectivity index (χ2v) is 9.20. The van der Waals surface area contributed by atoms with Crippen molar-refractivity contribution in [1.29, 1.82) is 0 Å². The SMILES string of the molecule is CC(=O)Nc1cccc(NC(=O)[C@H]2CCCN(S(=O)(=O)c3ccc(C)cc3)C2)c1. The first-order chi connectivity index (χ1) is 13.8. The number of anilines is 2. The van der Waals surface area contributed by atoms with Gasteiger partial charge < -0.3 is 10.6 Å². The molecule has 8 heteroatoms. The third-order valence-corrected chi connectivity index (χ3v) is 6.74. The summed E-state index contributed by atoms with van der Waals surface area (Å²) in [5.74, 6) is -0.861. The molecule has 0 bridgehead atoms. The Morgan fingerprint density at radius 3 is 2.34 bits per heavy atom. The van der Waals surface area contributed by atoms with Crippen molar-refractivity contribution >= 4 is 33.2 Å². The van der Waals surface area contributed by atoms with Gasteiger partial charge in [-0.05, 0) is 50.1 Å². The van der Waals surface area contributed by atoms with E-state index in [-0.39, 0.29) is 23.3 Å². The lowest BCUT2D eigenvalue weighted by molar-refractivity contribution is -0.121. The Labute approximate surface area is 171 Å². The molecule has 2 aromatic carbocycles. The summed E-state index contributed by atoms with van der Waals surface area (Å²) in [5, 5.41) is 5.50. The first-order valence-electron chi connectivity index (χ1n) is 9.51. The van der Waals surface area contributed by atoms with Gasteiger partial charge in [0, 0.05) is 31.4 Å². The van der Waals surface area contributed by atoms with Crippen molar-refractivity contribution in [3.8, 4) is 0 Å². The molecule has 1 atom stereocenters. The lowest BCUT2D eigenvalue weighted by Crippen LogP contribution is -2.43. The molecule has 2 aromatic rings. The number of carbonyl (C=O) groups is 2. The Hall–Kier alpha value is -2.71. The number of sulfonamides is 1. The average molecular weight is 416 g/mol. The predicted molar refractivity (Wildman–Crippen MR) is 112 cm³/mol. The summed E-state index contributed by atoms with van der Waals surface area (Å²) in [5.41, 5.74) is 2.13. The predicted octanol–water partition coefficient (Wildman–Crippen LogP) is 2.99. The first kappa shape index (κ1) is 21.0. The van der Waals surface area contributed by atoms with Gasteiger partial charge in [0.1, 0.15) is 0 Å². The molecule has 0 aromatic heterocycles. The second-order valence-electron chi connectivity index (χ2n) is 7.27. The fourth-order valence-corrected chi connectivity index (χ4v) is 4.88. The van der Waals surface area contributed by atoms with Gasteiger partial charge in [-0.2, -0.15) is 4.31 Å². The van der Waals surface area contributed by atoms with Crippen molar-refractivity contribution in [2.75, 3.05) is 23.7 Å². The summed E-state index contributed by atoms with van der Waals surface area (Å²) < 4.78 is 27.2. The molecular formula is C21H25N3O4S. The molecule has 2 N–H and O–H groups in total. The highest BCUT2D eigenvalue weighted by atomic mass is 32.2. The molecule has 3 rings (SSSR count). The second kappa shape index (κ2) is 8.75. The van der Waals surface area contributed by atoms with Gasteiger partial charge in [0.25, 0.3) is 0 Å². The molecule has 1 fully saturated rings. The van der Waals surface area contributed by atoms with Crippen LogP contribution < -0.4 is 10.6 Å². The van der Waals surface area contributed by atoms with Gasteiger partial charge in [0.2, 0.25) is 21.8 Å². The Kier molecular flexibility index (Phi) is 6.34. The van der Waals surface area contributed by atoms with Crippen molar-refractivity contribution in [1.82, 2.24) is 4.31 Å². The van der Waals surface area contributed by atoms with E-state index in [0.29, 0.717) is 30.8 Å². The Balaban J connectivity index is 1.69. The fraction of sp³-hybridized carbons (Fsp3) is 0.333. The minimum atomic E-state index is -3.63. The number of hydrogen-bond acceptors (Lipinski definition) is 4. The van der Waals surface area contributed by atoms with Gasteiger partial charge in [0.15, 0.2) is 0 Å². The van der Waals surface area contributed by atoms with E-state index in [1.165, 1.54) is 11.2 Å². The van der Waals surface area contributed by atoms with Crippen LogP contribution in [0.15, 0.2) is 53.4 Å². The smallest absolute Gasteiger partial charge is 0.243 e. The molecule has 7 nitrogen and oxygen atoms in total. The van der Waals surface area contributed by atoms with E-state index >= 15 is 0 Å². The summed E-state index contributed by atoms with van der Waals surface area (Å²) in [6.07, 6.45) is 1.24. The minimum Gasteiger partial charge on any atom is -0.326 e. The zero-order chi connectivity index (χ0) is 21.0. The molecule has 29 heavy (non-hydrogen) atoms. The summed E-state index contributed by atoms with van der Waals surface area (Å²) in [6.45, 7) is 3.86. The molecule has 1 aliphatic heterocycles. The number of carbonyl (C=O) groups excluding carboxylic acids is 2. The van der Waals surface area contributed by atoms with E-state index in [2.05, 4.69) is 10.6 Å². The normalized spacial score (nSPS) is 17.5. The van der Waals surface area contributed by atoms with Gasteiger partial charge >= 0.3 is 0 Å². The third kappa shape index (κ3) is 5.21. The van der Waals surface area contributed by atoms with Crippen LogP contribution in [-0.2, 0) is 19.6 Å². The van der Waals surface area contributed by atoms with Crippen molar-refractivity contribution < 1.29 is 18.0 Å². The summed E-state index contributed by atoms with van der Waals surface area (Å²) in [7, 11) is -3.63. The van der Waals surface area contributed by atoms with Crippen LogP contribution in [0.2, 0.25) is 0 Å². The lowest BCUT2D eigenvalue weighted by atomic mass is 9.98. The topological polar surface area (TPSA) is 95.6 Å². The van der Waals surface area contributed by atoms with Crippen LogP contribution in [-0.4, -0.2) is 37.6 Å². The number of benzene rings is 2. The number of nitrogens with one attached hydrogen (secondary N) is 2. The minimum absolute atomic E-state index is 0.146. The molecule has 154 valence electrons. The Morgan fingerprint density at radius 1 is 1.03 bits per heavy atom. The number of hydrogen-bond donors (Lipinski definition) is 2. The van der Waals surface area contributed by atoms with Crippen LogP contribution in [0.4, 0.5) is 11.4 Å². The quantitative estimate of drug-likeness (QED) is 0.785. The lowest BCUT2D eigenvalue weighted by Gasteiger charge is -2.31. The maximum Gasteiger partial charge on any atom is 0.243 e. The highest BCUT2D eigenvalue weighted by Gasteiger charge is 2.33. The summed E-state index contributed by atoms with van der Waals surface area (Å²) >= 11 is 0. The van der Waals surface area contributed by atoms with Gasteiger partial charge in [-0.15, -0.1) is 0 Å². The van der Waals surface area contributed by atoms with Gasteiger partial charge in [-0.25, -0.2) is 8.42 Å². The standard InChI is InChI=1S/C21H25N3O4S/c1-15-8-10-20(11-9-15)29(27,28)24-12-4-5-17(14-24)21(26)23-19-7-3-6-18(13-19)22-16(2)25/h3,6-11,13,17H,4-5,12,14H2,1-2H3,(H,22,25)(H,23,26)/t17-/m0/s1. The highest BCUT2D eigenvalue weighted by Crippen LogP contribution is 2.25. The number of piperidine rings is 1. The summed E-state index contributed by atoms with van der Waals surface area (Å²) in [6, 6.07) is 13.6. The van der Waals surface area contributed by atoms with E-state index in [1.807, 2.05) is 6.92 Å². The van der Waals surface area contributed by atoms with E-state index in [4.69, 9.17) is 0 Å². The molecule has 1 aliphatic rings. The molecular weight excluding hydrogens is 390 g/mol. The van der Waals surface area contributed by atoms with Crippen LogP contribution in [0.1, 0.15) is 25.3 Å². The average Bonchev–Trinajstić information content (AvgIpc) is 2.68. The zero-order valence-corrected chi connectivity index (χ0v) is 17.3. The number of amides is 2. The van der Waals surface area contributed by atoms with E-state index in [1.54, 1.807) is 48.5 Å². The van der Waals surface area contributed by atoms with Crippen molar-refractivity contribution in [2.45, 2.75) is 31.6 Å². The van der Waals surface area contributed by atoms with Crippen LogP contribution in [0.3, 0.4) is 0 Å². The van der Waals surface area contributed by atoms with Gasteiger partial charge in [0.05, 0.1) is 10.8 Å². The maximum atomic E-state index is 12.9. The summed E-state index contributed by atoms with van der Waals surface area (Å²) in [4.78, 5) is 24.2. The van der Waals surface area contributed by atoms with Crippen LogP contribution in [0.5, 0.6) is 0 Å². The maximum absolute atomic E-state index is 12.9. The largest absolute Gasteiger partial charge is 0.326 e. The molecule has 0 radical (unpaired) electrons. The third-order valence-electron chi connectivity index (χ3n) is 4.86. The number of aryl methyl sites for hydroxylation is 1. The van der Waals surface area contributed by atoms with Crippen molar-refractivity contribution in [3.63, 3.8) is 0 Å². The van der Waals surface area contributed by atoms with Crippen LogP contribution in [0.25, 0.3) is 0 Å². The number of rotatable bonds is 5. The van der Waals surface area contributed by atoms with Crippen molar-refractivity contribution in [3.05, 3.63) is 54.1 Å². The fourth-order valence-electron chi connectivity index (χ4n) is 3.36. The highest BCUT2D eigenvalue weighted by molar-refractivity contribution is 7.89. The molecule has 1 heterocycles. The molecule has 1 saturated heterocycles.